The van der Waals surface area contributed by atoms with Gasteiger partial charge in [-0.05, 0) is 53.2 Å². The number of H-pyrrole nitrogens is 1. The summed E-state index contributed by atoms with van der Waals surface area (Å²) in [5.74, 6) is 0.351. The molecule has 130 valence electrons. The van der Waals surface area contributed by atoms with Gasteiger partial charge in [0.25, 0.3) is 11.5 Å². The van der Waals surface area contributed by atoms with Crippen molar-refractivity contribution in [1.82, 2.24) is 14.8 Å². The van der Waals surface area contributed by atoms with E-state index in [-0.39, 0.29) is 11.5 Å². The summed E-state index contributed by atoms with van der Waals surface area (Å²) >= 11 is 3.37. The Bertz CT molecular complexity index is 1100. The third-order valence-corrected chi connectivity index (χ3v) is 4.48. The average Bonchev–Trinajstić information content (AvgIpc) is 3.11. The maximum absolute atomic E-state index is 12.1. The van der Waals surface area contributed by atoms with Crippen LogP contribution >= 0.6 is 15.9 Å². The predicted molar refractivity (Wildman–Crippen MR) is 103 cm³/mol. The molecule has 0 saturated carbocycles. The number of aryl methyl sites for hydroxylation is 1. The zero-order valence-corrected chi connectivity index (χ0v) is 15.3. The van der Waals surface area contributed by atoms with E-state index in [0.717, 1.165) is 27.1 Å². The molecule has 0 fully saturated rings. The van der Waals surface area contributed by atoms with Gasteiger partial charge in [-0.15, -0.1) is 0 Å². The molecule has 1 aliphatic rings. The van der Waals surface area contributed by atoms with Crippen molar-refractivity contribution in [2.45, 2.75) is 6.92 Å². The Hall–Kier alpha value is -3.13. The SMILES string of the molecule is Cc1cc(=O)[nH]n1-c1ccc(N/C=C2\C(=O)Nc3ncc(Br)cc32)cc1. The Balaban J connectivity index is 1.58. The van der Waals surface area contributed by atoms with Crippen molar-refractivity contribution < 1.29 is 4.79 Å². The molecular weight excluding hydrogens is 398 g/mol. The van der Waals surface area contributed by atoms with Crippen molar-refractivity contribution in [3.8, 4) is 5.69 Å². The maximum atomic E-state index is 12.1. The summed E-state index contributed by atoms with van der Waals surface area (Å²) in [7, 11) is 0. The summed E-state index contributed by atoms with van der Waals surface area (Å²) in [5.41, 5.74) is 3.62. The first-order valence-electron chi connectivity index (χ1n) is 7.84. The minimum Gasteiger partial charge on any atom is -0.361 e. The van der Waals surface area contributed by atoms with Gasteiger partial charge >= 0.3 is 0 Å². The number of aromatic amines is 1. The van der Waals surface area contributed by atoms with Gasteiger partial charge in [0.05, 0.1) is 11.3 Å². The molecule has 3 aromatic rings. The van der Waals surface area contributed by atoms with Crippen LogP contribution in [0.4, 0.5) is 11.5 Å². The van der Waals surface area contributed by atoms with E-state index < -0.39 is 0 Å². The maximum Gasteiger partial charge on any atom is 0.264 e. The molecule has 0 spiro atoms. The highest BCUT2D eigenvalue weighted by molar-refractivity contribution is 9.10. The lowest BCUT2D eigenvalue weighted by Crippen LogP contribution is -2.06. The number of nitrogens with zero attached hydrogens (tertiary/aromatic N) is 2. The number of nitrogens with one attached hydrogen (secondary N) is 3. The Labute approximate surface area is 156 Å². The largest absolute Gasteiger partial charge is 0.361 e. The standard InChI is InChI=1S/C18H14BrN5O2/c1-10-6-16(25)23-24(10)13-4-2-12(3-5-13)20-9-15-14-7-11(19)8-21-17(14)22-18(15)26/h2-9,20H,1H3,(H,23,25)(H,21,22,26)/b15-9-. The molecule has 1 aliphatic heterocycles. The predicted octanol–water partition coefficient (Wildman–Crippen LogP) is 3.04. The van der Waals surface area contributed by atoms with Crippen LogP contribution in [0.2, 0.25) is 0 Å². The van der Waals surface area contributed by atoms with Gasteiger partial charge in [-0.3, -0.25) is 19.4 Å². The molecule has 0 aliphatic carbocycles. The molecule has 1 aromatic carbocycles. The number of anilines is 2. The Kier molecular flexibility index (Phi) is 3.96. The van der Waals surface area contributed by atoms with Crippen LogP contribution in [0.25, 0.3) is 11.3 Å². The molecule has 3 heterocycles. The first-order valence-corrected chi connectivity index (χ1v) is 8.63. The Morgan fingerprint density at radius 2 is 1.96 bits per heavy atom. The van der Waals surface area contributed by atoms with Crippen LogP contribution in [0.3, 0.4) is 0 Å². The number of benzene rings is 1. The molecule has 2 aromatic heterocycles. The summed E-state index contributed by atoms with van der Waals surface area (Å²) in [6.07, 6.45) is 3.30. The molecule has 3 N–H and O–H groups in total. The Morgan fingerprint density at radius 1 is 1.19 bits per heavy atom. The number of pyridine rings is 1. The van der Waals surface area contributed by atoms with E-state index in [1.54, 1.807) is 23.1 Å². The lowest BCUT2D eigenvalue weighted by Gasteiger charge is -2.07. The van der Waals surface area contributed by atoms with Gasteiger partial charge in [-0.1, -0.05) is 0 Å². The molecule has 0 unspecified atom stereocenters. The zero-order valence-electron chi connectivity index (χ0n) is 13.7. The first kappa shape index (κ1) is 16.3. The van der Waals surface area contributed by atoms with E-state index in [1.165, 1.54) is 0 Å². The number of carbonyl (C=O) groups is 1. The van der Waals surface area contributed by atoms with Crippen LogP contribution in [0.15, 0.2) is 58.1 Å². The Morgan fingerprint density at radius 3 is 2.65 bits per heavy atom. The van der Waals surface area contributed by atoms with Crippen molar-refractivity contribution in [2.24, 2.45) is 0 Å². The molecule has 1 amide bonds. The molecule has 0 saturated heterocycles. The smallest absolute Gasteiger partial charge is 0.264 e. The van der Waals surface area contributed by atoms with Gasteiger partial charge in [-0.25, -0.2) is 4.98 Å². The molecule has 0 bridgehead atoms. The van der Waals surface area contributed by atoms with Crippen LogP contribution in [0.1, 0.15) is 11.3 Å². The van der Waals surface area contributed by atoms with Crippen molar-refractivity contribution >= 4 is 38.9 Å². The van der Waals surface area contributed by atoms with Gasteiger partial charge in [0.2, 0.25) is 0 Å². The lowest BCUT2D eigenvalue weighted by molar-refractivity contribution is -0.110. The summed E-state index contributed by atoms with van der Waals surface area (Å²) in [6, 6.07) is 10.9. The lowest BCUT2D eigenvalue weighted by atomic mass is 10.1. The molecule has 8 heteroatoms. The zero-order chi connectivity index (χ0) is 18.3. The number of rotatable bonds is 3. The second-order valence-corrected chi connectivity index (χ2v) is 6.77. The van der Waals surface area contributed by atoms with E-state index in [2.05, 4.69) is 36.6 Å². The van der Waals surface area contributed by atoms with Crippen LogP contribution in [0, 0.1) is 6.92 Å². The second-order valence-electron chi connectivity index (χ2n) is 5.85. The first-order chi connectivity index (χ1) is 12.5. The molecule has 26 heavy (non-hydrogen) atoms. The third kappa shape index (κ3) is 2.95. The fourth-order valence-electron chi connectivity index (χ4n) is 2.80. The fraction of sp³-hybridized carbons (Fsp3) is 0.0556. The summed E-state index contributed by atoms with van der Waals surface area (Å²) in [4.78, 5) is 27.7. The highest BCUT2D eigenvalue weighted by Crippen LogP contribution is 2.31. The number of fused-ring (bicyclic) bond motifs is 1. The molecule has 7 nitrogen and oxygen atoms in total. The molecule has 0 radical (unpaired) electrons. The van der Waals surface area contributed by atoms with Crippen molar-refractivity contribution in [3.05, 3.63) is 74.9 Å². The van der Waals surface area contributed by atoms with E-state index >= 15 is 0 Å². The van der Waals surface area contributed by atoms with Crippen LogP contribution in [0.5, 0.6) is 0 Å². The van der Waals surface area contributed by atoms with Gasteiger partial charge in [0, 0.05) is 39.9 Å². The number of halogens is 1. The van der Waals surface area contributed by atoms with Gasteiger partial charge in [-0.2, -0.15) is 0 Å². The van der Waals surface area contributed by atoms with Crippen molar-refractivity contribution in [2.75, 3.05) is 10.6 Å². The topological polar surface area (TPSA) is 91.8 Å². The quantitative estimate of drug-likeness (QED) is 0.577. The molecular formula is C18H14BrN5O2. The number of amides is 1. The minimum absolute atomic E-state index is 0.139. The monoisotopic (exact) mass is 411 g/mol. The molecule has 4 rings (SSSR count). The number of hydrogen-bond donors (Lipinski definition) is 3. The minimum atomic E-state index is -0.199. The number of hydrogen-bond acceptors (Lipinski definition) is 4. The highest BCUT2D eigenvalue weighted by atomic mass is 79.9. The number of aromatic nitrogens is 3. The van der Waals surface area contributed by atoms with Crippen molar-refractivity contribution in [1.29, 1.82) is 0 Å². The van der Waals surface area contributed by atoms with Crippen LogP contribution < -0.4 is 16.2 Å². The van der Waals surface area contributed by atoms with Gasteiger partial charge in [0.15, 0.2) is 0 Å². The summed E-state index contributed by atoms with van der Waals surface area (Å²) in [5, 5.41) is 8.61. The van der Waals surface area contributed by atoms with E-state index in [1.807, 2.05) is 37.3 Å². The molecule has 0 atom stereocenters. The third-order valence-electron chi connectivity index (χ3n) is 4.04. The summed E-state index contributed by atoms with van der Waals surface area (Å²) < 4.78 is 2.52. The summed E-state index contributed by atoms with van der Waals surface area (Å²) in [6.45, 7) is 1.86. The highest BCUT2D eigenvalue weighted by Gasteiger charge is 2.25. The van der Waals surface area contributed by atoms with Gasteiger partial charge in [0.1, 0.15) is 5.82 Å². The number of carbonyl (C=O) groups excluding carboxylic acids is 1. The fourth-order valence-corrected chi connectivity index (χ4v) is 3.13. The van der Waals surface area contributed by atoms with Crippen molar-refractivity contribution in [3.63, 3.8) is 0 Å². The van der Waals surface area contributed by atoms with Crippen LogP contribution in [-0.4, -0.2) is 20.7 Å². The normalized spacial score (nSPS) is 14.4. The average molecular weight is 412 g/mol. The van der Waals surface area contributed by atoms with Gasteiger partial charge < -0.3 is 10.6 Å². The van der Waals surface area contributed by atoms with E-state index in [0.29, 0.717) is 11.4 Å². The van der Waals surface area contributed by atoms with Crippen LogP contribution in [-0.2, 0) is 4.79 Å². The van der Waals surface area contributed by atoms with E-state index in [4.69, 9.17) is 0 Å². The van der Waals surface area contributed by atoms with E-state index in [9.17, 15) is 9.59 Å². The second kappa shape index (κ2) is 6.30.